The molecule has 0 spiro atoms. The van der Waals surface area contributed by atoms with E-state index >= 15 is 0 Å². The fourth-order valence-electron chi connectivity index (χ4n) is 5.97. The first kappa shape index (κ1) is 40.4. The van der Waals surface area contributed by atoms with Gasteiger partial charge in [-0.15, -0.1) is 0 Å². The fourth-order valence-corrected chi connectivity index (χ4v) is 5.97. The van der Waals surface area contributed by atoms with Gasteiger partial charge in [-0.25, -0.2) is 0 Å². The van der Waals surface area contributed by atoms with E-state index in [1.54, 1.807) is 0 Å². The van der Waals surface area contributed by atoms with Crippen molar-refractivity contribution in [1.29, 1.82) is 0 Å². The van der Waals surface area contributed by atoms with Gasteiger partial charge in [0.25, 0.3) is 0 Å². The number of carbonyl (C=O) groups is 1. The lowest BCUT2D eigenvalue weighted by Gasteiger charge is -2.49. The molecule has 0 aromatic rings. The van der Waals surface area contributed by atoms with Crippen molar-refractivity contribution in [3.8, 4) is 0 Å². The summed E-state index contributed by atoms with van der Waals surface area (Å²) in [5, 5.41) is 127. The molecule has 0 aromatic carbocycles. The smallest absolute Gasteiger partial charge is 0.217 e. The van der Waals surface area contributed by atoms with Gasteiger partial charge in [0, 0.05) is 14.0 Å². The van der Waals surface area contributed by atoms with E-state index in [0.29, 0.717) is 0 Å². The minimum Gasteiger partial charge on any atom is -0.394 e. The van der Waals surface area contributed by atoms with E-state index in [4.69, 9.17) is 37.9 Å². The molecule has 0 saturated carbocycles. The molecule has 4 aliphatic rings. The third-order valence-corrected chi connectivity index (χ3v) is 8.74. The number of carbonyl (C=O) groups excluding carboxylic acids is 1. The van der Waals surface area contributed by atoms with E-state index in [0.717, 1.165) is 6.92 Å². The zero-order chi connectivity index (χ0) is 36.3. The van der Waals surface area contributed by atoms with Crippen LogP contribution < -0.4 is 5.32 Å². The number of hydrogen-bond acceptors (Lipinski definition) is 21. The standard InChI is InChI=1S/C27H47NO21/c1-7(31)28-12-17(36)13(32)8(3-29)45-25(12)49-23-19(38)14(33)9(4-30)46-27(23)48-22-16(35)11(44-24(41)21(22)40)6-43-26-20(39)18(37)15(34)10(47-26)5-42-2/h8-27,29-30,32-41H,3-6H2,1-2H3,(H,28,31)/t8-,9-,10-,11-,12-,13-,14-,15-,16-,17-,18+,19+,20+,21+,22+,23+,24-,25+,26+,27-/m1/s1. The second kappa shape index (κ2) is 17.5. The fraction of sp³-hybridized carbons (Fsp3) is 0.963. The number of amides is 1. The van der Waals surface area contributed by atoms with Gasteiger partial charge in [0.1, 0.15) is 97.6 Å². The summed E-state index contributed by atoms with van der Waals surface area (Å²) >= 11 is 0. The molecule has 0 radical (unpaired) electrons. The van der Waals surface area contributed by atoms with E-state index in [1.165, 1.54) is 7.11 Å². The summed E-state index contributed by atoms with van der Waals surface area (Å²) in [6, 6.07) is -1.51. The Morgan fingerprint density at radius 2 is 1.10 bits per heavy atom. The Kier molecular flexibility index (Phi) is 14.4. The van der Waals surface area contributed by atoms with Crippen LogP contribution in [0.25, 0.3) is 0 Å². The molecule has 0 aromatic heterocycles. The second-order valence-corrected chi connectivity index (χ2v) is 12.2. The lowest BCUT2D eigenvalue weighted by Crippen LogP contribution is -2.68. The number of hydrogen-bond donors (Lipinski definition) is 13. The minimum atomic E-state index is -2.05. The normalized spacial score (nSPS) is 49.4. The predicted molar refractivity (Wildman–Crippen MR) is 150 cm³/mol. The van der Waals surface area contributed by atoms with E-state index in [-0.39, 0.29) is 6.61 Å². The lowest BCUT2D eigenvalue weighted by molar-refractivity contribution is -0.383. The average molecular weight is 722 g/mol. The van der Waals surface area contributed by atoms with E-state index in [2.05, 4.69) is 5.32 Å². The largest absolute Gasteiger partial charge is 0.394 e. The Balaban J connectivity index is 1.53. The van der Waals surface area contributed by atoms with E-state index in [9.17, 15) is 66.1 Å². The Morgan fingerprint density at radius 1 is 0.571 bits per heavy atom. The van der Waals surface area contributed by atoms with Gasteiger partial charge in [0.2, 0.25) is 5.91 Å². The first-order valence-corrected chi connectivity index (χ1v) is 15.5. The summed E-state index contributed by atoms with van der Waals surface area (Å²) in [7, 11) is 1.31. The molecule has 49 heavy (non-hydrogen) atoms. The molecule has 4 fully saturated rings. The highest BCUT2D eigenvalue weighted by Crippen LogP contribution is 2.33. The molecule has 1 amide bonds. The molecule has 4 aliphatic heterocycles. The molecule has 0 unspecified atom stereocenters. The summed E-state index contributed by atoms with van der Waals surface area (Å²) in [6.45, 7) is -1.47. The first-order chi connectivity index (χ1) is 23.1. The van der Waals surface area contributed by atoms with Gasteiger partial charge in [-0.05, 0) is 0 Å². The number of ether oxygens (including phenoxy) is 8. The van der Waals surface area contributed by atoms with Crippen LogP contribution in [0.2, 0.25) is 0 Å². The van der Waals surface area contributed by atoms with Crippen LogP contribution in [0.1, 0.15) is 6.92 Å². The van der Waals surface area contributed by atoms with Crippen molar-refractivity contribution in [2.24, 2.45) is 0 Å². The number of methoxy groups -OCH3 is 1. The SMILES string of the molecule is COC[C@H]1O[C@H](OC[C@H]2O[C@@H](O)[C@@H](O)[C@@H](O[C@H]3O[C@H](CO)[C@@H](O)[C@H](O)[C@@H]3O[C@@H]3O[C@H](CO)[C@@H](O)[C@H](O)[C@H]3NC(C)=O)[C@@H]2O)[C@@H](O)[C@@H](O)[C@@H]1O. The molecule has 0 bridgehead atoms. The zero-order valence-corrected chi connectivity index (χ0v) is 26.4. The molecule has 22 nitrogen and oxygen atoms in total. The second-order valence-electron chi connectivity index (χ2n) is 12.2. The number of aliphatic hydroxyl groups is 12. The van der Waals surface area contributed by atoms with Gasteiger partial charge in [-0.3, -0.25) is 4.79 Å². The Morgan fingerprint density at radius 3 is 1.69 bits per heavy atom. The van der Waals surface area contributed by atoms with Crippen LogP contribution in [-0.4, -0.2) is 223 Å². The molecular formula is C27H47NO21. The lowest BCUT2D eigenvalue weighted by atomic mass is 9.95. The summed E-state index contributed by atoms with van der Waals surface area (Å²) < 4.78 is 43.8. The Labute approximate surface area is 278 Å². The maximum atomic E-state index is 11.9. The van der Waals surface area contributed by atoms with Crippen LogP contribution in [0.3, 0.4) is 0 Å². The number of nitrogens with one attached hydrogen (secondary N) is 1. The highest BCUT2D eigenvalue weighted by Gasteiger charge is 2.54. The van der Waals surface area contributed by atoms with Crippen LogP contribution in [0.4, 0.5) is 0 Å². The third kappa shape index (κ3) is 8.83. The average Bonchev–Trinajstić information content (AvgIpc) is 3.07. The minimum absolute atomic E-state index is 0.189. The maximum Gasteiger partial charge on any atom is 0.217 e. The molecule has 4 heterocycles. The van der Waals surface area contributed by atoms with E-state index in [1.807, 2.05) is 0 Å². The van der Waals surface area contributed by atoms with Gasteiger partial charge >= 0.3 is 0 Å². The van der Waals surface area contributed by atoms with Gasteiger partial charge in [0.05, 0.1) is 26.4 Å². The predicted octanol–water partition coefficient (Wildman–Crippen LogP) is -8.95. The monoisotopic (exact) mass is 721 g/mol. The highest BCUT2D eigenvalue weighted by molar-refractivity contribution is 5.73. The summed E-state index contributed by atoms with van der Waals surface area (Å²) in [5.41, 5.74) is 0. The van der Waals surface area contributed by atoms with Crippen molar-refractivity contribution in [1.82, 2.24) is 5.32 Å². The molecule has 4 rings (SSSR count). The topological polar surface area (TPSA) is 346 Å². The summed E-state index contributed by atoms with van der Waals surface area (Å²) in [5.74, 6) is -0.703. The summed E-state index contributed by atoms with van der Waals surface area (Å²) in [4.78, 5) is 11.9. The van der Waals surface area contributed by atoms with Crippen LogP contribution in [0, 0.1) is 0 Å². The molecule has 4 saturated heterocycles. The van der Waals surface area contributed by atoms with Crippen LogP contribution in [0.5, 0.6) is 0 Å². The number of aliphatic hydroxyl groups excluding tert-OH is 12. The van der Waals surface area contributed by atoms with Gasteiger partial charge < -0.3 is 104 Å². The number of rotatable bonds is 12. The summed E-state index contributed by atoms with van der Waals surface area (Å²) in [6.07, 6.45) is -32.8. The van der Waals surface area contributed by atoms with Gasteiger partial charge in [-0.2, -0.15) is 0 Å². The molecular weight excluding hydrogens is 674 g/mol. The highest BCUT2D eigenvalue weighted by atomic mass is 16.8. The Hall–Kier alpha value is -1.33. The van der Waals surface area contributed by atoms with Crippen molar-refractivity contribution in [3.63, 3.8) is 0 Å². The van der Waals surface area contributed by atoms with Crippen molar-refractivity contribution < 1.29 is 104 Å². The maximum absolute atomic E-state index is 11.9. The molecule has 22 heteroatoms. The van der Waals surface area contributed by atoms with Crippen LogP contribution >= 0.6 is 0 Å². The molecule has 0 aliphatic carbocycles. The van der Waals surface area contributed by atoms with E-state index < -0.39 is 148 Å². The van der Waals surface area contributed by atoms with Crippen molar-refractivity contribution >= 4 is 5.91 Å². The molecule has 286 valence electrons. The van der Waals surface area contributed by atoms with Gasteiger partial charge in [-0.1, -0.05) is 0 Å². The zero-order valence-electron chi connectivity index (χ0n) is 26.4. The van der Waals surface area contributed by atoms with Crippen molar-refractivity contribution in [3.05, 3.63) is 0 Å². The van der Waals surface area contributed by atoms with Gasteiger partial charge in [0.15, 0.2) is 25.2 Å². The first-order valence-electron chi connectivity index (χ1n) is 15.5. The van der Waals surface area contributed by atoms with Crippen LogP contribution in [-0.2, 0) is 42.7 Å². The Bertz CT molecular complexity index is 1050. The van der Waals surface area contributed by atoms with Crippen molar-refractivity contribution in [2.45, 2.75) is 130 Å². The van der Waals surface area contributed by atoms with Crippen molar-refractivity contribution in [2.75, 3.05) is 33.5 Å². The van der Waals surface area contributed by atoms with Crippen LogP contribution in [0.15, 0.2) is 0 Å². The molecule has 13 N–H and O–H groups in total. The quantitative estimate of drug-likeness (QED) is 0.0889. The third-order valence-electron chi connectivity index (χ3n) is 8.74. The molecule has 20 atom stereocenters.